The van der Waals surface area contributed by atoms with Crippen LogP contribution >= 0.6 is 0 Å². The molecule has 0 spiro atoms. The number of benzene rings is 1. The van der Waals surface area contributed by atoms with E-state index >= 15 is 0 Å². The Morgan fingerprint density at radius 2 is 1.77 bits per heavy atom. The summed E-state index contributed by atoms with van der Waals surface area (Å²) >= 11 is 0. The van der Waals surface area contributed by atoms with Gasteiger partial charge in [-0.15, -0.1) is 0 Å². The minimum absolute atomic E-state index is 0.214. The number of pyridine rings is 1. The lowest BCUT2D eigenvalue weighted by Gasteiger charge is -2.35. The highest BCUT2D eigenvalue weighted by molar-refractivity contribution is 5.87. The van der Waals surface area contributed by atoms with Crippen LogP contribution in [-0.2, 0) is 11.3 Å². The summed E-state index contributed by atoms with van der Waals surface area (Å²) in [4.78, 5) is 37.6. The third kappa shape index (κ3) is 4.62. The molecule has 2 saturated heterocycles. The number of imidazole rings is 1. The molecule has 6 heterocycles. The number of nitrogens with one attached hydrogen (secondary N) is 1. The van der Waals surface area contributed by atoms with Crippen LogP contribution in [-0.4, -0.2) is 81.4 Å². The number of ether oxygens (including phenoxy) is 2. The zero-order valence-electron chi connectivity index (χ0n) is 21.5. The number of hydrogen-bond donors (Lipinski definition) is 1. The molecule has 3 aliphatic rings. The van der Waals surface area contributed by atoms with Gasteiger partial charge in [-0.2, -0.15) is 9.97 Å². The topological polar surface area (TPSA) is 114 Å². The number of carbonyl (C=O) groups excluding carboxylic acids is 1. The number of hydrogen-bond acceptors (Lipinski definition) is 10. The van der Waals surface area contributed by atoms with Gasteiger partial charge in [-0.25, -0.2) is 9.97 Å². The van der Waals surface area contributed by atoms with Gasteiger partial charge in [0, 0.05) is 70.2 Å². The van der Waals surface area contributed by atoms with E-state index in [0.29, 0.717) is 42.5 Å². The van der Waals surface area contributed by atoms with Crippen LogP contribution in [0, 0.1) is 0 Å². The van der Waals surface area contributed by atoms with Gasteiger partial charge in [0.05, 0.1) is 6.33 Å². The summed E-state index contributed by atoms with van der Waals surface area (Å²) in [6.45, 7) is 5.45. The van der Waals surface area contributed by atoms with Crippen molar-refractivity contribution in [2.75, 3.05) is 61.2 Å². The molecule has 0 bridgehead atoms. The van der Waals surface area contributed by atoms with E-state index in [-0.39, 0.29) is 12.7 Å². The summed E-state index contributed by atoms with van der Waals surface area (Å²) in [5, 5.41) is 3.43. The van der Waals surface area contributed by atoms with Crippen LogP contribution in [0.15, 0.2) is 48.9 Å². The molecule has 39 heavy (non-hydrogen) atoms. The van der Waals surface area contributed by atoms with E-state index in [1.807, 2.05) is 52.1 Å². The molecule has 200 valence electrons. The van der Waals surface area contributed by atoms with Crippen molar-refractivity contribution in [2.24, 2.45) is 0 Å². The predicted octanol–water partition coefficient (Wildman–Crippen LogP) is 2.64. The number of nitrogens with zero attached hydrogens (tertiary/aromatic N) is 8. The number of anilines is 4. The minimum Gasteiger partial charge on any atom is -0.454 e. The standard InChI is InChI=1S/C27H29N9O3/c37-23-5-3-9-34(23)12-15-36-17-29-24-25(30-19-6-7-20-21(16-19)39-18-38-20)31-27(32-26(24)36)35-13-10-33(11-14-35)22-4-1-2-8-28-22/h1-2,4,6-8,16-17H,3,5,9-15,18H2,(H,30,31,32). The maximum absolute atomic E-state index is 12.2. The zero-order valence-corrected chi connectivity index (χ0v) is 21.5. The first-order chi connectivity index (χ1) is 19.2. The molecule has 1 aromatic carbocycles. The molecule has 3 aromatic heterocycles. The first kappa shape index (κ1) is 23.5. The van der Waals surface area contributed by atoms with Gasteiger partial charge in [-0.3, -0.25) is 4.79 Å². The highest BCUT2D eigenvalue weighted by atomic mass is 16.7. The normalized spacial score (nSPS) is 16.9. The molecule has 12 nitrogen and oxygen atoms in total. The fraction of sp³-hybridized carbons (Fsp3) is 0.370. The molecule has 0 aliphatic carbocycles. The lowest BCUT2D eigenvalue weighted by molar-refractivity contribution is -0.127. The number of fused-ring (bicyclic) bond motifs is 2. The van der Waals surface area contributed by atoms with Gasteiger partial charge in [0.25, 0.3) is 0 Å². The van der Waals surface area contributed by atoms with Gasteiger partial charge < -0.3 is 34.1 Å². The van der Waals surface area contributed by atoms with E-state index in [9.17, 15) is 4.79 Å². The summed E-state index contributed by atoms with van der Waals surface area (Å²) in [7, 11) is 0. The fourth-order valence-electron chi connectivity index (χ4n) is 5.28. The Bertz CT molecular complexity index is 1500. The summed E-state index contributed by atoms with van der Waals surface area (Å²) in [5.74, 6) is 3.87. The molecule has 0 saturated carbocycles. The monoisotopic (exact) mass is 527 g/mol. The van der Waals surface area contributed by atoms with Crippen molar-refractivity contribution in [1.82, 2.24) is 29.4 Å². The van der Waals surface area contributed by atoms with Gasteiger partial charge in [-0.1, -0.05) is 6.07 Å². The average molecular weight is 528 g/mol. The molecular formula is C27H29N9O3. The first-order valence-corrected chi connectivity index (χ1v) is 13.3. The number of carbonyl (C=O) groups is 1. The van der Waals surface area contributed by atoms with Crippen LogP contribution in [0.3, 0.4) is 0 Å². The largest absolute Gasteiger partial charge is 0.454 e. The molecule has 0 radical (unpaired) electrons. The fourth-order valence-corrected chi connectivity index (χ4v) is 5.28. The molecule has 1 amide bonds. The summed E-state index contributed by atoms with van der Waals surface area (Å²) in [6.07, 6.45) is 5.16. The lowest BCUT2D eigenvalue weighted by Crippen LogP contribution is -2.47. The van der Waals surface area contributed by atoms with Crippen LogP contribution in [0.1, 0.15) is 12.8 Å². The number of aromatic nitrogens is 5. The Morgan fingerprint density at radius 1 is 0.897 bits per heavy atom. The molecular weight excluding hydrogens is 498 g/mol. The smallest absolute Gasteiger partial charge is 0.231 e. The zero-order chi connectivity index (χ0) is 26.2. The van der Waals surface area contributed by atoms with Gasteiger partial charge in [0.15, 0.2) is 28.5 Å². The maximum atomic E-state index is 12.2. The van der Waals surface area contributed by atoms with Crippen LogP contribution in [0.2, 0.25) is 0 Å². The molecule has 4 aromatic rings. The molecule has 1 N–H and O–H groups in total. The molecule has 12 heteroatoms. The van der Waals surface area contributed by atoms with E-state index in [1.54, 1.807) is 6.33 Å². The van der Waals surface area contributed by atoms with Gasteiger partial charge >= 0.3 is 0 Å². The van der Waals surface area contributed by atoms with Crippen LogP contribution < -0.4 is 24.6 Å². The summed E-state index contributed by atoms with van der Waals surface area (Å²) < 4.78 is 13.0. The average Bonchev–Trinajstić information content (AvgIpc) is 3.72. The number of amides is 1. The Balaban J connectivity index is 1.18. The van der Waals surface area contributed by atoms with Crippen LogP contribution in [0.5, 0.6) is 11.5 Å². The molecule has 7 rings (SSSR count). The minimum atomic E-state index is 0.214. The molecule has 3 aliphatic heterocycles. The van der Waals surface area contributed by atoms with Crippen LogP contribution in [0.25, 0.3) is 11.2 Å². The third-order valence-electron chi connectivity index (χ3n) is 7.41. The first-order valence-electron chi connectivity index (χ1n) is 13.3. The van der Waals surface area contributed by atoms with E-state index < -0.39 is 0 Å². The second-order valence-electron chi connectivity index (χ2n) is 9.82. The third-order valence-corrected chi connectivity index (χ3v) is 7.41. The van der Waals surface area contributed by atoms with Crippen molar-refractivity contribution in [1.29, 1.82) is 0 Å². The van der Waals surface area contributed by atoms with Crippen molar-refractivity contribution >= 4 is 40.3 Å². The van der Waals surface area contributed by atoms with Crippen molar-refractivity contribution in [3.63, 3.8) is 0 Å². The van der Waals surface area contributed by atoms with Crippen molar-refractivity contribution in [3.8, 4) is 11.5 Å². The highest BCUT2D eigenvalue weighted by Gasteiger charge is 2.24. The summed E-state index contributed by atoms with van der Waals surface area (Å²) in [5.41, 5.74) is 2.24. The number of rotatable bonds is 7. The number of likely N-dealkylation sites (tertiary alicyclic amines) is 1. The SMILES string of the molecule is O=C1CCCN1CCn1cnc2c(Nc3ccc4c(c3)OCO4)nc(N3CCN(c4ccccn4)CC3)nc21. The van der Waals surface area contributed by atoms with Gasteiger partial charge in [-0.05, 0) is 30.7 Å². The van der Waals surface area contributed by atoms with E-state index in [2.05, 4.69) is 25.1 Å². The summed E-state index contributed by atoms with van der Waals surface area (Å²) in [6, 6.07) is 11.7. The Kier molecular flexibility index (Phi) is 5.99. The second-order valence-corrected chi connectivity index (χ2v) is 9.82. The predicted molar refractivity (Wildman–Crippen MR) is 146 cm³/mol. The Labute approximate surface area is 225 Å². The van der Waals surface area contributed by atoms with E-state index in [1.165, 1.54) is 0 Å². The highest BCUT2D eigenvalue weighted by Crippen LogP contribution is 2.36. The van der Waals surface area contributed by atoms with E-state index in [4.69, 9.17) is 19.4 Å². The second kappa shape index (κ2) is 9.93. The molecule has 2 fully saturated rings. The van der Waals surface area contributed by atoms with Crippen molar-refractivity contribution < 1.29 is 14.3 Å². The van der Waals surface area contributed by atoms with Crippen molar-refractivity contribution in [2.45, 2.75) is 19.4 Å². The lowest BCUT2D eigenvalue weighted by atomic mass is 10.2. The number of piperazine rings is 1. The van der Waals surface area contributed by atoms with Crippen molar-refractivity contribution in [3.05, 3.63) is 48.9 Å². The van der Waals surface area contributed by atoms with Gasteiger partial charge in [0.2, 0.25) is 18.6 Å². The Hall–Kier alpha value is -4.61. The Morgan fingerprint density at radius 3 is 2.59 bits per heavy atom. The van der Waals surface area contributed by atoms with Gasteiger partial charge in [0.1, 0.15) is 5.82 Å². The van der Waals surface area contributed by atoms with E-state index in [0.717, 1.165) is 62.0 Å². The van der Waals surface area contributed by atoms with Crippen LogP contribution in [0.4, 0.5) is 23.3 Å². The maximum Gasteiger partial charge on any atom is 0.231 e. The molecule has 0 atom stereocenters. The molecule has 0 unspecified atom stereocenters. The quantitative estimate of drug-likeness (QED) is 0.385.